The fourth-order valence-electron chi connectivity index (χ4n) is 4.01. The highest BCUT2D eigenvalue weighted by Crippen LogP contribution is 2.42. The van der Waals surface area contributed by atoms with Gasteiger partial charge in [0.2, 0.25) is 5.95 Å². The summed E-state index contributed by atoms with van der Waals surface area (Å²) in [5.41, 5.74) is 2.23. The molecule has 1 fully saturated rings. The second-order valence-electron chi connectivity index (χ2n) is 9.81. The molecule has 2 heterocycles. The van der Waals surface area contributed by atoms with Crippen LogP contribution in [0.15, 0.2) is 30.5 Å². The number of thiazole rings is 1. The van der Waals surface area contributed by atoms with Gasteiger partial charge in [-0.15, -0.1) is 11.3 Å². The zero-order valence-corrected chi connectivity index (χ0v) is 22.1. The van der Waals surface area contributed by atoms with Crippen LogP contribution in [0.2, 0.25) is 0 Å². The first kappa shape index (κ1) is 24.9. The molecular formula is C26H34FN5S2. The monoisotopic (exact) mass is 499 g/mol. The van der Waals surface area contributed by atoms with Gasteiger partial charge < -0.3 is 10.0 Å². The molecule has 2 aromatic heterocycles. The van der Waals surface area contributed by atoms with Crippen molar-refractivity contribution in [3.8, 4) is 21.8 Å². The Labute approximate surface area is 210 Å². The maximum Gasteiger partial charge on any atom is 0.223 e. The maximum absolute atomic E-state index is 15.6. The van der Waals surface area contributed by atoms with Crippen molar-refractivity contribution in [3.63, 3.8) is 0 Å². The molecule has 5 nitrogen and oxygen atoms in total. The third-order valence-corrected chi connectivity index (χ3v) is 8.32. The lowest BCUT2D eigenvalue weighted by Gasteiger charge is -2.22. The van der Waals surface area contributed by atoms with Gasteiger partial charge in [0.1, 0.15) is 0 Å². The molecule has 1 saturated carbocycles. The van der Waals surface area contributed by atoms with E-state index < -0.39 is 0 Å². The molecule has 3 aromatic rings. The molecular weight excluding hydrogens is 465 g/mol. The Balaban J connectivity index is 1.73. The van der Waals surface area contributed by atoms with E-state index in [0.29, 0.717) is 28.9 Å². The van der Waals surface area contributed by atoms with E-state index in [1.54, 1.807) is 29.7 Å². The van der Waals surface area contributed by atoms with Gasteiger partial charge in [-0.3, -0.25) is 0 Å². The first-order chi connectivity index (χ1) is 16.4. The minimum atomic E-state index is -0.285. The minimum absolute atomic E-state index is 0.156. The van der Waals surface area contributed by atoms with Crippen LogP contribution in [0.3, 0.4) is 0 Å². The quantitative estimate of drug-likeness (QED) is 0.242. The van der Waals surface area contributed by atoms with Crippen molar-refractivity contribution < 1.29 is 4.39 Å². The van der Waals surface area contributed by atoms with E-state index in [0.717, 1.165) is 40.6 Å². The SMILES string of the molecule is CCCSNc1cccc(-c2nc(C(C)(C)C)sc2-c2ccnc(NC3CCCCC3)n2)c1F. The van der Waals surface area contributed by atoms with Gasteiger partial charge in [-0.1, -0.05) is 65.0 Å². The first-order valence-corrected chi connectivity index (χ1v) is 13.9. The fraction of sp³-hybridized carbons (Fsp3) is 0.500. The van der Waals surface area contributed by atoms with Gasteiger partial charge in [-0.2, -0.15) is 0 Å². The zero-order valence-electron chi connectivity index (χ0n) is 20.4. The lowest BCUT2D eigenvalue weighted by atomic mass is 9.96. The van der Waals surface area contributed by atoms with Crippen molar-refractivity contribution >= 4 is 34.9 Å². The number of benzene rings is 1. The van der Waals surface area contributed by atoms with E-state index in [4.69, 9.17) is 9.97 Å². The summed E-state index contributed by atoms with van der Waals surface area (Å²) in [6, 6.07) is 7.76. The van der Waals surface area contributed by atoms with Crippen molar-refractivity contribution in [3.05, 3.63) is 41.3 Å². The number of rotatable bonds is 8. The number of hydrogen-bond donors (Lipinski definition) is 2. The second kappa shape index (κ2) is 11.0. The Morgan fingerprint density at radius 1 is 1.12 bits per heavy atom. The van der Waals surface area contributed by atoms with Crippen LogP contribution in [0.1, 0.15) is 71.2 Å². The molecule has 1 aliphatic rings. The van der Waals surface area contributed by atoms with E-state index in [2.05, 4.69) is 42.7 Å². The van der Waals surface area contributed by atoms with Gasteiger partial charge >= 0.3 is 0 Å². The molecule has 0 aliphatic heterocycles. The van der Waals surface area contributed by atoms with Gasteiger partial charge in [0.15, 0.2) is 5.82 Å². The molecule has 0 radical (unpaired) electrons. The molecule has 0 bridgehead atoms. The predicted molar refractivity (Wildman–Crippen MR) is 144 cm³/mol. The number of halogens is 1. The van der Waals surface area contributed by atoms with Crippen molar-refractivity contribution in [1.82, 2.24) is 15.0 Å². The predicted octanol–water partition coefficient (Wildman–Crippen LogP) is 7.92. The summed E-state index contributed by atoms with van der Waals surface area (Å²) in [4.78, 5) is 15.1. The van der Waals surface area contributed by atoms with Crippen LogP contribution in [0.25, 0.3) is 21.8 Å². The van der Waals surface area contributed by atoms with Crippen LogP contribution >= 0.6 is 23.3 Å². The molecule has 1 aliphatic carbocycles. The molecule has 1 aromatic carbocycles. The summed E-state index contributed by atoms with van der Waals surface area (Å²) >= 11 is 3.10. The Morgan fingerprint density at radius 3 is 2.65 bits per heavy atom. The molecule has 0 unspecified atom stereocenters. The standard InChI is InChI=1S/C26H34FN5S2/c1-5-16-33-32-19-13-9-12-18(21(19)27)22-23(34-24(31-22)26(2,3)4)20-14-15-28-25(30-20)29-17-10-7-6-8-11-17/h9,12-15,17,32H,5-8,10-11,16H2,1-4H3,(H,28,29,30). The maximum atomic E-state index is 15.6. The number of aromatic nitrogens is 3. The van der Waals surface area contributed by atoms with E-state index >= 15 is 4.39 Å². The van der Waals surface area contributed by atoms with Crippen LogP contribution in [0.4, 0.5) is 16.0 Å². The highest BCUT2D eigenvalue weighted by molar-refractivity contribution is 8.00. The van der Waals surface area contributed by atoms with Crippen LogP contribution < -0.4 is 10.0 Å². The Kier molecular flexibility index (Phi) is 8.09. The summed E-state index contributed by atoms with van der Waals surface area (Å²) in [7, 11) is 0. The summed E-state index contributed by atoms with van der Waals surface area (Å²) in [5.74, 6) is 1.26. The first-order valence-electron chi connectivity index (χ1n) is 12.1. The summed E-state index contributed by atoms with van der Waals surface area (Å²) in [5, 5.41) is 4.47. The Morgan fingerprint density at radius 2 is 1.91 bits per heavy atom. The van der Waals surface area contributed by atoms with E-state index in [9.17, 15) is 0 Å². The summed E-state index contributed by atoms with van der Waals surface area (Å²) < 4.78 is 18.8. The number of hydrogen-bond acceptors (Lipinski definition) is 7. The average molecular weight is 500 g/mol. The van der Waals surface area contributed by atoms with Crippen LogP contribution in [-0.4, -0.2) is 26.7 Å². The van der Waals surface area contributed by atoms with Crippen LogP contribution in [-0.2, 0) is 5.41 Å². The smallest absolute Gasteiger partial charge is 0.223 e. The number of nitrogens with zero attached hydrogens (tertiary/aromatic N) is 3. The summed E-state index contributed by atoms with van der Waals surface area (Å²) in [6.45, 7) is 8.50. The Hall–Kier alpha value is -2.19. The van der Waals surface area contributed by atoms with Gasteiger partial charge in [-0.25, -0.2) is 19.3 Å². The third kappa shape index (κ3) is 5.89. The number of nitrogens with one attached hydrogen (secondary N) is 2. The van der Waals surface area contributed by atoms with Crippen molar-refractivity contribution in [2.24, 2.45) is 0 Å². The normalized spacial score (nSPS) is 14.9. The van der Waals surface area contributed by atoms with E-state index in [1.807, 2.05) is 12.1 Å². The minimum Gasteiger partial charge on any atom is -0.351 e. The van der Waals surface area contributed by atoms with E-state index in [-0.39, 0.29) is 11.2 Å². The summed E-state index contributed by atoms with van der Waals surface area (Å²) in [6.07, 6.45) is 8.88. The Bertz CT molecular complexity index is 1100. The van der Waals surface area contributed by atoms with Crippen LogP contribution in [0, 0.1) is 5.82 Å². The second-order valence-corrected chi connectivity index (χ2v) is 11.7. The van der Waals surface area contributed by atoms with Crippen LogP contribution in [0.5, 0.6) is 0 Å². The molecule has 182 valence electrons. The number of anilines is 2. The van der Waals surface area contributed by atoms with Gasteiger partial charge in [-0.05, 0) is 37.5 Å². The largest absolute Gasteiger partial charge is 0.351 e. The van der Waals surface area contributed by atoms with Gasteiger partial charge in [0.05, 0.1) is 27.0 Å². The van der Waals surface area contributed by atoms with Crippen molar-refractivity contribution in [2.75, 3.05) is 15.8 Å². The lowest BCUT2D eigenvalue weighted by Crippen LogP contribution is -2.23. The fourth-order valence-corrected chi connectivity index (χ4v) is 5.73. The molecule has 2 N–H and O–H groups in total. The lowest BCUT2D eigenvalue weighted by molar-refractivity contribution is 0.461. The highest BCUT2D eigenvalue weighted by atomic mass is 32.2. The molecule has 0 saturated heterocycles. The molecule has 4 rings (SSSR count). The molecule has 8 heteroatoms. The average Bonchev–Trinajstić information content (AvgIpc) is 3.27. The molecule has 0 atom stereocenters. The van der Waals surface area contributed by atoms with Crippen molar-refractivity contribution in [2.45, 2.75) is 77.7 Å². The topological polar surface area (TPSA) is 62.7 Å². The zero-order chi connectivity index (χ0) is 24.1. The molecule has 0 amide bonds. The van der Waals surface area contributed by atoms with Crippen molar-refractivity contribution in [1.29, 1.82) is 0 Å². The highest BCUT2D eigenvalue weighted by Gasteiger charge is 2.26. The van der Waals surface area contributed by atoms with Gasteiger partial charge in [0.25, 0.3) is 0 Å². The van der Waals surface area contributed by atoms with E-state index in [1.165, 1.54) is 31.2 Å². The molecule has 0 spiro atoms. The van der Waals surface area contributed by atoms with Gasteiger partial charge in [0, 0.05) is 29.0 Å². The molecule has 34 heavy (non-hydrogen) atoms. The third-order valence-electron chi connectivity index (χ3n) is 5.84.